The smallest absolute Gasteiger partial charge is 0.363 e. The molecular formula is C20H15NO6S. The topological polar surface area (TPSA) is 91.8 Å². The maximum atomic E-state index is 12.4. The third-order valence-corrected chi connectivity index (χ3v) is 4.58. The maximum Gasteiger partial charge on any atom is 0.363 e. The lowest BCUT2D eigenvalue weighted by atomic mass is 10.1. The second-order valence-corrected chi connectivity index (χ2v) is 6.38. The third-order valence-electron chi connectivity index (χ3n) is 3.69. The van der Waals surface area contributed by atoms with E-state index in [9.17, 15) is 14.4 Å². The Bertz CT molecular complexity index is 994. The van der Waals surface area contributed by atoms with Crippen LogP contribution >= 0.6 is 11.3 Å². The molecule has 0 spiro atoms. The minimum atomic E-state index is -0.712. The highest BCUT2D eigenvalue weighted by atomic mass is 32.1. The molecule has 28 heavy (non-hydrogen) atoms. The van der Waals surface area contributed by atoms with Gasteiger partial charge in [-0.05, 0) is 18.2 Å². The lowest BCUT2D eigenvalue weighted by Crippen LogP contribution is -2.12. The van der Waals surface area contributed by atoms with E-state index in [0.29, 0.717) is 5.01 Å². The standard InChI is InChI=1S/C20H15NO6S/c1-25-18(22)13-8-14(19(23)26-2)10-15(9-13)27-20(24)16-11-28-17(21-16)12-6-4-3-5-7-12/h3-11H,1-2H3. The molecule has 0 aliphatic carbocycles. The number of rotatable bonds is 5. The summed E-state index contributed by atoms with van der Waals surface area (Å²) >= 11 is 1.30. The van der Waals surface area contributed by atoms with Gasteiger partial charge in [-0.15, -0.1) is 11.3 Å². The minimum absolute atomic E-state index is 0.00237. The first-order chi connectivity index (χ1) is 13.5. The summed E-state index contributed by atoms with van der Waals surface area (Å²) in [4.78, 5) is 40.4. The van der Waals surface area contributed by atoms with Gasteiger partial charge >= 0.3 is 17.9 Å². The Morgan fingerprint density at radius 2 is 1.46 bits per heavy atom. The van der Waals surface area contributed by atoms with Crippen molar-refractivity contribution >= 4 is 29.2 Å². The van der Waals surface area contributed by atoms with Crippen molar-refractivity contribution in [3.8, 4) is 16.3 Å². The van der Waals surface area contributed by atoms with Crippen LogP contribution in [-0.2, 0) is 9.47 Å². The second-order valence-electron chi connectivity index (χ2n) is 5.52. The summed E-state index contributed by atoms with van der Waals surface area (Å²) in [5, 5.41) is 2.25. The molecule has 7 nitrogen and oxygen atoms in total. The van der Waals surface area contributed by atoms with Gasteiger partial charge in [0.25, 0.3) is 0 Å². The molecule has 0 atom stereocenters. The normalized spacial score (nSPS) is 10.2. The van der Waals surface area contributed by atoms with Crippen molar-refractivity contribution in [1.82, 2.24) is 4.98 Å². The van der Waals surface area contributed by atoms with Gasteiger partial charge in [0.1, 0.15) is 10.8 Å². The molecule has 1 aromatic heterocycles. The number of hydrogen-bond donors (Lipinski definition) is 0. The van der Waals surface area contributed by atoms with Crippen LogP contribution in [0.1, 0.15) is 31.2 Å². The molecule has 0 saturated carbocycles. The van der Waals surface area contributed by atoms with E-state index in [1.807, 2.05) is 30.3 Å². The summed E-state index contributed by atoms with van der Waals surface area (Å²) in [5.41, 5.74) is 1.10. The Morgan fingerprint density at radius 1 is 0.857 bits per heavy atom. The molecule has 0 amide bonds. The average Bonchev–Trinajstić information content (AvgIpc) is 3.23. The van der Waals surface area contributed by atoms with Crippen LogP contribution in [0.4, 0.5) is 0 Å². The molecular weight excluding hydrogens is 382 g/mol. The second kappa shape index (κ2) is 8.45. The minimum Gasteiger partial charge on any atom is -0.465 e. The zero-order chi connectivity index (χ0) is 20.1. The zero-order valence-corrected chi connectivity index (χ0v) is 15.8. The number of esters is 3. The molecule has 142 valence electrons. The Balaban J connectivity index is 1.86. The van der Waals surface area contributed by atoms with Crippen molar-refractivity contribution in [2.75, 3.05) is 14.2 Å². The molecule has 3 aromatic rings. The molecule has 2 aromatic carbocycles. The number of benzene rings is 2. The average molecular weight is 397 g/mol. The van der Waals surface area contributed by atoms with E-state index in [0.717, 1.165) is 5.56 Å². The van der Waals surface area contributed by atoms with Crippen LogP contribution in [-0.4, -0.2) is 37.1 Å². The number of carbonyl (C=O) groups is 3. The monoisotopic (exact) mass is 397 g/mol. The summed E-state index contributed by atoms with van der Waals surface area (Å²) in [6.07, 6.45) is 0. The molecule has 0 bridgehead atoms. The van der Waals surface area contributed by atoms with E-state index in [2.05, 4.69) is 14.5 Å². The van der Waals surface area contributed by atoms with Gasteiger partial charge in [0.2, 0.25) is 0 Å². The number of hydrogen-bond acceptors (Lipinski definition) is 8. The van der Waals surface area contributed by atoms with Gasteiger partial charge in [-0.2, -0.15) is 0 Å². The van der Waals surface area contributed by atoms with Crippen LogP contribution in [0.5, 0.6) is 5.75 Å². The van der Waals surface area contributed by atoms with Gasteiger partial charge in [0, 0.05) is 10.9 Å². The summed E-state index contributed by atoms with van der Waals surface area (Å²) in [7, 11) is 2.42. The molecule has 1 heterocycles. The van der Waals surface area contributed by atoms with Gasteiger partial charge in [0.05, 0.1) is 25.3 Å². The van der Waals surface area contributed by atoms with Gasteiger partial charge < -0.3 is 14.2 Å². The SMILES string of the molecule is COC(=O)c1cc(OC(=O)c2csc(-c3ccccc3)n2)cc(C(=O)OC)c1. The fraction of sp³-hybridized carbons (Fsp3) is 0.100. The molecule has 0 saturated heterocycles. The Labute approximate surface area is 164 Å². The third kappa shape index (κ3) is 4.24. The van der Waals surface area contributed by atoms with Crippen LogP contribution in [0.3, 0.4) is 0 Å². The number of aromatic nitrogens is 1. The number of ether oxygens (including phenoxy) is 3. The van der Waals surface area contributed by atoms with Gasteiger partial charge in [0.15, 0.2) is 5.69 Å². The lowest BCUT2D eigenvalue weighted by molar-refractivity contribution is 0.0593. The highest BCUT2D eigenvalue weighted by Crippen LogP contribution is 2.25. The van der Waals surface area contributed by atoms with Crippen molar-refractivity contribution in [1.29, 1.82) is 0 Å². The van der Waals surface area contributed by atoms with Crippen LogP contribution < -0.4 is 4.74 Å². The van der Waals surface area contributed by atoms with Crippen molar-refractivity contribution in [3.05, 3.63) is 70.7 Å². The Kier molecular flexibility index (Phi) is 5.81. The van der Waals surface area contributed by atoms with Crippen molar-refractivity contribution < 1.29 is 28.6 Å². The van der Waals surface area contributed by atoms with E-state index in [4.69, 9.17) is 4.74 Å². The molecule has 0 aliphatic rings. The molecule has 0 unspecified atom stereocenters. The van der Waals surface area contributed by atoms with Gasteiger partial charge in [-0.3, -0.25) is 0 Å². The number of thiazole rings is 1. The number of methoxy groups -OCH3 is 2. The lowest BCUT2D eigenvalue weighted by Gasteiger charge is -2.08. The summed E-state index contributed by atoms with van der Waals surface area (Å²) in [6, 6.07) is 13.3. The largest absolute Gasteiger partial charge is 0.465 e. The fourth-order valence-corrected chi connectivity index (χ4v) is 3.16. The van der Waals surface area contributed by atoms with E-state index in [1.54, 1.807) is 5.38 Å². The molecule has 8 heteroatoms. The highest BCUT2D eigenvalue weighted by molar-refractivity contribution is 7.13. The van der Waals surface area contributed by atoms with Crippen LogP contribution in [0.2, 0.25) is 0 Å². The van der Waals surface area contributed by atoms with E-state index in [-0.39, 0.29) is 22.6 Å². The molecule has 0 N–H and O–H groups in total. The Morgan fingerprint density at radius 3 is 2.04 bits per heavy atom. The molecule has 0 aliphatic heterocycles. The van der Waals surface area contributed by atoms with E-state index in [1.165, 1.54) is 43.8 Å². The van der Waals surface area contributed by atoms with Crippen LogP contribution in [0.15, 0.2) is 53.9 Å². The van der Waals surface area contributed by atoms with Crippen molar-refractivity contribution in [3.63, 3.8) is 0 Å². The summed E-state index contributed by atoms with van der Waals surface area (Å²) < 4.78 is 14.6. The molecule has 3 rings (SSSR count). The fourth-order valence-electron chi connectivity index (χ4n) is 2.37. The summed E-state index contributed by atoms with van der Waals surface area (Å²) in [6.45, 7) is 0. The van der Waals surface area contributed by atoms with Gasteiger partial charge in [-0.1, -0.05) is 30.3 Å². The predicted molar refractivity (Wildman–Crippen MR) is 102 cm³/mol. The maximum absolute atomic E-state index is 12.4. The first-order valence-corrected chi connectivity index (χ1v) is 8.94. The molecule has 0 fully saturated rings. The van der Waals surface area contributed by atoms with Crippen LogP contribution in [0, 0.1) is 0 Å². The number of nitrogens with zero attached hydrogens (tertiary/aromatic N) is 1. The van der Waals surface area contributed by atoms with E-state index >= 15 is 0 Å². The first kappa shape index (κ1) is 19.2. The Hall–Kier alpha value is -3.52. The van der Waals surface area contributed by atoms with Crippen molar-refractivity contribution in [2.24, 2.45) is 0 Å². The van der Waals surface area contributed by atoms with Gasteiger partial charge in [-0.25, -0.2) is 19.4 Å². The first-order valence-electron chi connectivity index (χ1n) is 8.06. The quantitative estimate of drug-likeness (QED) is 0.480. The number of carbonyl (C=O) groups excluding carboxylic acids is 3. The van der Waals surface area contributed by atoms with E-state index < -0.39 is 17.9 Å². The zero-order valence-electron chi connectivity index (χ0n) is 15.0. The predicted octanol–water partition coefficient (Wildman–Crippen LogP) is 3.60. The summed E-state index contributed by atoms with van der Waals surface area (Å²) in [5.74, 6) is -2.06. The van der Waals surface area contributed by atoms with Crippen LogP contribution in [0.25, 0.3) is 10.6 Å². The van der Waals surface area contributed by atoms with Crippen molar-refractivity contribution in [2.45, 2.75) is 0 Å². The molecule has 0 radical (unpaired) electrons. The highest BCUT2D eigenvalue weighted by Gasteiger charge is 2.18.